The average molecular weight is 464 g/mol. The van der Waals surface area contributed by atoms with Crippen molar-refractivity contribution < 1.29 is 0 Å². The van der Waals surface area contributed by atoms with E-state index in [4.69, 9.17) is 15.3 Å². The van der Waals surface area contributed by atoms with Gasteiger partial charge in [-0.3, -0.25) is 4.98 Å². The van der Waals surface area contributed by atoms with Gasteiger partial charge in [-0.2, -0.15) is 10.4 Å². The van der Waals surface area contributed by atoms with E-state index in [0.29, 0.717) is 11.7 Å². The number of anilines is 2. The molecule has 0 saturated carbocycles. The average Bonchev–Trinajstić information content (AvgIpc) is 3.19. The molecule has 34 heavy (non-hydrogen) atoms. The highest BCUT2D eigenvalue weighted by atomic mass is 32.2. The molecule has 7 nitrogen and oxygen atoms in total. The Labute approximate surface area is 201 Å². The zero-order valence-corrected chi connectivity index (χ0v) is 19.5. The first kappa shape index (κ1) is 21.6. The quantitative estimate of drug-likeness (QED) is 0.316. The fraction of sp³-hybridized carbons (Fsp3) is 0.115. The van der Waals surface area contributed by atoms with E-state index in [1.807, 2.05) is 79.2 Å². The second kappa shape index (κ2) is 9.33. The molecule has 8 heteroatoms. The van der Waals surface area contributed by atoms with E-state index < -0.39 is 0 Å². The lowest BCUT2D eigenvalue weighted by molar-refractivity contribution is 0.813. The number of nitrogens with zero attached hydrogens (tertiary/aromatic N) is 6. The molecule has 0 aliphatic carbocycles. The molecule has 3 heterocycles. The van der Waals surface area contributed by atoms with Gasteiger partial charge in [0.1, 0.15) is 5.03 Å². The third kappa shape index (κ3) is 4.34. The predicted octanol–water partition coefficient (Wildman–Crippen LogP) is 5.85. The maximum Gasteiger partial charge on any atom is 0.227 e. The fourth-order valence-electron chi connectivity index (χ4n) is 3.79. The summed E-state index contributed by atoms with van der Waals surface area (Å²) in [7, 11) is 0. The largest absolute Gasteiger partial charge is 0.324 e. The molecule has 0 aliphatic heterocycles. The molecule has 5 aromatic rings. The Kier molecular flexibility index (Phi) is 5.93. The number of fused-ring (bicyclic) bond motifs is 1. The normalized spacial score (nSPS) is 10.9. The fourth-order valence-corrected chi connectivity index (χ4v) is 4.52. The number of hydrogen-bond acceptors (Lipinski definition) is 7. The van der Waals surface area contributed by atoms with Crippen molar-refractivity contribution in [3.05, 3.63) is 84.3 Å². The van der Waals surface area contributed by atoms with Crippen LogP contribution in [0.4, 0.5) is 11.6 Å². The summed E-state index contributed by atoms with van der Waals surface area (Å²) in [6.07, 6.45) is 1.73. The lowest BCUT2D eigenvalue weighted by atomic mass is 10.2. The Morgan fingerprint density at radius 1 is 1.00 bits per heavy atom. The first-order valence-electron chi connectivity index (χ1n) is 10.7. The lowest BCUT2D eigenvalue weighted by Gasteiger charge is -2.09. The van der Waals surface area contributed by atoms with E-state index in [2.05, 4.69) is 27.4 Å². The topological polar surface area (TPSA) is 92.3 Å². The lowest BCUT2D eigenvalue weighted by Crippen LogP contribution is -2.00. The molecule has 0 unspecified atom stereocenters. The molecule has 0 aliphatic rings. The monoisotopic (exact) mass is 463 g/mol. The Balaban J connectivity index is 1.52. The maximum absolute atomic E-state index is 9.14. The molecule has 0 spiro atoms. The van der Waals surface area contributed by atoms with Crippen LogP contribution in [0.3, 0.4) is 0 Å². The molecule has 0 radical (unpaired) electrons. The third-order valence-corrected chi connectivity index (χ3v) is 6.19. The first-order valence-corrected chi connectivity index (χ1v) is 11.7. The van der Waals surface area contributed by atoms with Crippen molar-refractivity contribution in [1.82, 2.24) is 24.7 Å². The van der Waals surface area contributed by atoms with Gasteiger partial charge >= 0.3 is 0 Å². The van der Waals surface area contributed by atoms with Crippen molar-refractivity contribution in [3.63, 3.8) is 0 Å². The number of thioether (sulfide) groups is 1. The van der Waals surface area contributed by atoms with Crippen LogP contribution in [0.2, 0.25) is 0 Å². The number of nitrogens with one attached hydrogen (secondary N) is 1. The summed E-state index contributed by atoms with van der Waals surface area (Å²) in [4.78, 5) is 13.8. The van der Waals surface area contributed by atoms with Crippen LogP contribution in [0, 0.1) is 25.2 Å². The number of hydrogen-bond donors (Lipinski definition) is 1. The van der Waals surface area contributed by atoms with Crippen LogP contribution in [0.5, 0.6) is 0 Å². The second-order valence-corrected chi connectivity index (χ2v) is 8.67. The predicted molar refractivity (Wildman–Crippen MR) is 135 cm³/mol. The van der Waals surface area contributed by atoms with Crippen molar-refractivity contribution in [2.45, 2.75) is 18.9 Å². The van der Waals surface area contributed by atoms with Gasteiger partial charge in [0.2, 0.25) is 5.95 Å². The van der Waals surface area contributed by atoms with E-state index in [9.17, 15) is 0 Å². The molecule has 3 aromatic heterocycles. The van der Waals surface area contributed by atoms with Crippen LogP contribution in [0.25, 0.3) is 27.8 Å². The highest BCUT2D eigenvalue weighted by molar-refractivity contribution is 7.99. The van der Waals surface area contributed by atoms with Crippen molar-refractivity contribution >= 4 is 34.3 Å². The Bertz CT molecular complexity index is 1520. The van der Waals surface area contributed by atoms with Gasteiger partial charge < -0.3 is 5.32 Å². The van der Waals surface area contributed by atoms with E-state index in [1.165, 1.54) is 11.8 Å². The van der Waals surface area contributed by atoms with Gasteiger partial charge in [0.25, 0.3) is 0 Å². The molecule has 2 aromatic carbocycles. The molecule has 0 saturated heterocycles. The van der Waals surface area contributed by atoms with Crippen LogP contribution in [0.15, 0.2) is 78.0 Å². The van der Waals surface area contributed by atoms with Crippen molar-refractivity contribution in [3.8, 4) is 23.0 Å². The van der Waals surface area contributed by atoms with Gasteiger partial charge in [0, 0.05) is 23.0 Å². The highest BCUT2D eigenvalue weighted by Gasteiger charge is 2.19. The Hall–Kier alpha value is -4.22. The summed E-state index contributed by atoms with van der Waals surface area (Å²) in [5.41, 5.74) is 6.36. The Morgan fingerprint density at radius 3 is 2.68 bits per heavy atom. The molecule has 0 bridgehead atoms. The molecular weight excluding hydrogens is 442 g/mol. The minimum absolute atomic E-state index is 0.305. The number of pyridine rings is 1. The van der Waals surface area contributed by atoms with Crippen LogP contribution in [0.1, 0.15) is 11.4 Å². The van der Waals surface area contributed by atoms with Gasteiger partial charge in [-0.05, 0) is 56.3 Å². The number of rotatable bonds is 6. The molecule has 1 N–H and O–H groups in total. The number of nitriles is 1. The number of para-hydroxylation sites is 1. The molecular formula is C26H21N7S. The SMILES string of the molecule is Cc1ccc2cc(Nc3nccc(-c4c(SCC#N)nn(-c5ccccc5)c4C)n3)ccc2n1. The summed E-state index contributed by atoms with van der Waals surface area (Å²) in [6, 6.07) is 24.0. The molecule has 0 atom stereocenters. The zero-order valence-electron chi connectivity index (χ0n) is 18.7. The summed E-state index contributed by atoms with van der Waals surface area (Å²) in [5, 5.41) is 19.0. The smallest absolute Gasteiger partial charge is 0.227 e. The summed E-state index contributed by atoms with van der Waals surface area (Å²) < 4.78 is 1.89. The van der Waals surface area contributed by atoms with Crippen LogP contribution in [-0.2, 0) is 0 Å². The van der Waals surface area contributed by atoms with E-state index in [-0.39, 0.29) is 0 Å². The minimum Gasteiger partial charge on any atom is -0.324 e. The van der Waals surface area contributed by atoms with Crippen molar-refractivity contribution in [1.29, 1.82) is 5.26 Å². The summed E-state index contributed by atoms with van der Waals surface area (Å²) in [6.45, 7) is 4.00. The Morgan fingerprint density at radius 2 is 1.85 bits per heavy atom. The minimum atomic E-state index is 0.305. The number of aryl methyl sites for hydroxylation is 1. The first-order chi connectivity index (χ1) is 16.6. The number of aromatic nitrogens is 5. The zero-order chi connectivity index (χ0) is 23.5. The highest BCUT2D eigenvalue weighted by Crippen LogP contribution is 2.34. The second-order valence-electron chi connectivity index (χ2n) is 7.71. The molecule has 0 fully saturated rings. The van der Waals surface area contributed by atoms with Crippen LogP contribution < -0.4 is 5.32 Å². The summed E-state index contributed by atoms with van der Waals surface area (Å²) in [5.74, 6) is 0.791. The van der Waals surface area contributed by atoms with Crippen LogP contribution >= 0.6 is 11.8 Å². The summed E-state index contributed by atoms with van der Waals surface area (Å²) >= 11 is 1.40. The van der Waals surface area contributed by atoms with Gasteiger partial charge in [-0.25, -0.2) is 14.6 Å². The maximum atomic E-state index is 9.14. The van der Waals surface area contributed by atoms with Crippen molar-refractivity contribution in [2.24, 2.45) is 0 Å². The molecule has 0 amide bonds. The number of benzene rings is 2. The third-order valence-electron chi connectivity index (χ3n) is 5.35. The van der Waals surface area contributed by atoms with Crippen molar-refractivity contribution in [2.75, 3.05) is 11.1 Å². The molecule has 166 valence electrons. The van der Waals surface area contributed by atoms with Gasteiger partial charge in [0.05, 0.1) is 40.0 Å². The molecule has 5 rings (SSSR count). The van der Waals surface area contributed by atoms with Gasteiger partial charge in [-0.1, -0.05) is 36.0 Å². The van der Waals surface area contributed by atoms with E-state index in [1.54, 1.807) is 6.20 Å². The van der Waals surface area contributed by atoms with E-state index >= 15 is 0 Å². The van der Waals surface area contributed by atoms with Gasteiger partial charge in [-0.15, -0.1) is 0 Å². The van der Waals surface area contributed by atoms with Gasteiger partial charge in [0.15, 0.2) is 0 Å². The standard InChI is InChI=1S/C26H21N7S/c1-17-8-9-19-16-20(10-11-22(19)29-17)30-26-28-14-12-23(31-26)24-18(2)33(21-6-4-3-5-7-21)32-25(24)34-15-13-27/h3-12,14,16H,15H2,1-2H3,(H,28,30,31). The van der Waals surface area contributed by atoms with Crippen LogP contribution in [-0.4, -0.2) is 30.5 Å². The van der Waals surface area contributed by atoms with E-state index in [0.717, 1.165) is 49.9 Å².